The predicted octanol–water partition coefficient (Wildman–Crippen LogP) is 1.41. The maximum atomic E-state index is 12.7. The first-order valence-corrected chi connectivity index (χ1v) is 9.41. The zero-order valence-corrected chi connectivity index (χ0v) is 14.9. The maximum absolute atomic E-state index is 12.7. The first-order chi connectivity index (χ1) is 12.7. The Kier molecular flexibility index (Phi) is 4.86. The summed E-state index contributed by atoms with van der Waals surface area (Å²) < 4.78 is 11.1. The number of nitrogens with zero attached hydrogens (tertiary/aromatic N) is 2. The summed E-state index contributed by atoms with van der Waals surface area (Å²) in [5.74, 6) is 1.69. The quantitative estimate of drug-likeness (QED) is 0.882. The van der Waals surface area contributed by atoms with Crippen LogP contribution in [0.25, 0.3) is 0 Å². The number of benzene rings is 1. The maximum Gasteiger partial charge on any atom is 0.317 e. The van der Waals surface area contributed by atoms with Crippen molar-refractivity contribution in [2.24, 2.45) is 0 Å². The average molecular weight is 359 g/mol. The van der Waals surface area contributed by atoms with Crippen molar-refractivity contribution in [1.82, 2.24) is 15.1 Å². The molecule has 3 heterocycles. The van der Waals surface area contributed by atoms with Crippen LogP contribution in [-0.2, 0) is 11.2 Å². The van der Waals surface area contributed by atoms with Gasteiger partial charge in [-0.25, -0.2) is 4.79 Å². The second kappa shape index (κ2) is 7.43. The zero-order chi connectivity index (χ0) is 17.9. The molecule has 1 N–H and O–H groups in total. The number of urea groups is 1. The molecule has 140 valence electrons. The number of hydrogen-bond acceptors (Lipinski definition) is 4. The van der Waals surface area contributed by atoms with E-state index >= 15 is 0 Å². The summed E-state index contributed by atoms with van der Waals surface area (Å²) in [5.41, 5.74) is 1.08. The van der Waals surface area contributed by atoms with Crippen LogP contribution in [0.1, 0.15) is 24.8 Å². The Morgan fingerprint density at radius 1 is 1.19 bits per heavy atom. The summed E-state index contributed by atoms with van der Waals surface area (Å²) in [4.78, 5) is 28.3. The third-order valence-electron chi connectivity index (χ3n) is 5.31. The number of nitrogens with one attached hydrogen (secondary N) is 1. The van der Waals surface area contributed by atoms with E-state index in [0.29, 0.717) is 39.1 Å². The van der Waals surface area contributed by atoms with Gasteiger partial charge in [-0.2, -0.15) is 0 Å². The fraction of sp³-hybridized carbons (Fsp3) is 0.579. The minimum absolute atomic E-state index is 0.000534. The van der Waals surface area contributed by atoms with Crippen molar-refractivity contribution in [3.63, 3.8) is 0 Å². The molecule has 7 nitrogen and oxygen atoms in total. The van der Waals surface area contributed by atoms with Crippen molar-refractivity contribution < 1.29 is 19.1 Å². The normalized spacial score (nSPS) is 22.3. The van der Waals surface area contributed by atoms with Crippen LogP contribution in [0.15, 0.2) is 18.2 Å². The molecular formula is C19H25N3O4. The van der Waals surface area contributed by atoms with Crippen LogP contribution in [0.2, 0.25) is 0 Å². The molecule has 0 saturated carbocycles. The van der Waals surface area contributed by atoms with Gasteiger partial charge in [0.15, 0.2) is 11.5 Å². The molecule has 26 heavy (non-hydrogen) atoms. The highest BCUT2D eigenvalue weighted by molar-refractivity contribution is 5.78. The second-order valence-electron chi connectivity index (χ2n) is 7.04. The SMILES string of the molecule is O=C(CCc1ccc2c(c1)OCCO2)N1CCCC(N2CCNC2=O)C1. The van der Waals surface area contributed by atoms with E-state index in [-0.39, 0.29) is 18.0 Å². The number of ether oxygens (including phenoxy) is 2. The molecule has 1 unspecified atom stereocenters. The van der Waals surface area contributed by atoms with E-state index in [0.717, 1.165) is 43.0 Å². The summed E-state index contributed by atoms with van der Waals surface area (Å²) in [7, 11) is 0. The summed E-state index contributed by atoms with van der Waals surface area (Å²) >= 11 is 0. The number of amides is 3. The molecule has 2 fully saturated rings. The van der Waals surface area contributed by atoms with Crippen molar-refractivity contribution >= 4 is 11.9 Å². The highest BCUT2D eigenvalue weighted by Crippen LogP contribution is 2.31. The molecule has 1 aromatic rings. The molecule has 3 aliphatic rings. The molecular weight excluding hydrogens is 334 g/mol. The molecule has 0 bridgehead atoms. The van der Waals surface area contributed by atoms with Crippen molar-refractivity contribution in [1.29, 1.82) is 0 Å². The Labute approximate surface area is 153 Å². The summed E-state index contributed by atoms with van der Waals surface area (Å²) in [6.07, 6.45) is 3.07. The van der Waals surface area contributed by atoms with Crippen LogP contribution in [-0.4, -0.2) is 67.2 Å². The third-order valence-corrected chi connectivity index (χ3v) is 5.31. The van der Waals surface area contributed by atoms with E-state index in [9.17, 15) is 9.59 Å². The number of rotatable bonds is 4. The van der Waals surface area contributed by atoms with Crippen molar-refractivity contribution in [3.8, 4) is 11.5 Å². The van der Waals surface area contributed by atoms with Gasteiger partial charge in [-0.05, 0) is 37.0 Å². The number of fused-ring (bicyclic) bond motifs is 1. The van der Waals surface area contributed by atoms with Crippen LogP contribution in [0.3, 0.4) is 0 Å². The fourth-order valence-electron chi connectivity index (χ4n) is 3.92. The van der Waals surface area contributed by atoms with Gasteiger partial charge < -0.3 is 24.6 Å². The van der Waals surface area contributed by atoms with E-state index in [1.807, 2.05) is 28.0 Å². The number of carbonyl (C=O) groups is 2. The Bertz CT molecular complexity index is 693. The Morgan fingerprint density at radius 2 is 2.04 bits per heavy atom. The molecule has 1 atom stereocenters. The van der Waals surface area contributed by atoms with Crippen molar-refractivity contribution in [2.75, 3.05) is 39.4 Å². The molecule has 4 rings (SSSR count). The topological polar surface area (TPSA) is 71.1 Å². The van der Waals surface area contributed by atoms with Crippen LogP contribution in [0.4, 0.5) is 4.79 Å². The number of carbonyl (C=O) groups excluding carboxylic acids is 2. The average Bonchev–Trinajstić information content (AvgIpc) is 3.12. The lowest BCUT2D eigenvalue weighted by Crippen LogP contribution is -2.50. The van der Waals surface area contributed by atoms with Crippen LogP contribution in [0.5, 0.6) is 11.5 Å². The zero-order valence-electron chi connectivity index (χ0n) is 14.9. The lowest BCUT2D eigenvalue weighted by Gasteiger charge is -2.37. The molecule has 0 spiro atoms. The first kappa shape index (κ1) is 17.0. The molecule has 3 aliphatic heterocycles. The molecule has 3 amide bonds. The molecule has 7 heteroatoms. The molecule has 0 radical (unpaired) electrons. The lowest BCUT2D eigenvalue weighted by atomic mass is 10.0. The van der Waals surface area contributed by atoms with Gasteiger partial charge in [0, 0.05) is 32.6 Å². The van der Waals surface area contributed by atoms with Gasteiger partial charge in [0.05, 0.1) is 6.04 Å². The minimum atomic E-state index is 0.000534. The Morgan fingerprint density at radius 3 is 2.85 bits per heavy atom. The number of aryl methyl sites for hydroxylation is 1. The van der Waals surface area contributed by atoms with E-state index in [1.54, 1.807) is 0 Å². The van der Waals surface area contributed by atoms with Crippen LogP contribution in [0, 0.1) is 0 Å². The van der Waals surface area contributed by atoms with E-state index < -0.39 is 0 Å². The number of piperidine rings is 1. The molecule has 2 saturated heterocycles. The standard InChI is InChI=1S/C19H25N3O4/c23-18(6-4-14-3-5-16-17(12-14)26-11-10-25-16)21-8-1-2-15(13-21)22-9-7-20-19(22)24/h3,5,12,15H,1-2,4,6-11,13H2,(H,20,24). The van der Waals surface area contributed by atoms with Crippen molar-refractivity contribution in [2.45, 2.75) is 31.7 Å². The van der Waals surface area contributed by atoms with Crippen molar-refractivity contribution in [3.05, 3.63) is 23.8 Å². The monoisotopic (exact) mass is 359 g/mol. The summed E-state index contributed by atoms with van der Waals surface area (Å²) in [5, 5.41) is 2.84. The van der Waals surface area contributed by atoms with Gasteiger partial charge in [0.1, 0.15) is 13.2 Å². The molecule has 1 aromatic carbocycles. The van der Waals surface area contributed by atoms with Gasteiger partial charge >= 0.3 is 6.03 Å². The largest absolute Gasteiger partial charge is 0.486 e. The summed E-state index contributed by atoms with van der Waals surface area (Å²) in [6.45, 7) is 4.01. The fourth-order valence-corrected chi connectivity index (χ4v) is 3.92. The van der Waals surface area contributed by atoms with E-state index in [1.165, 1.54) is 0 Å². The predicted molar refractivity (Wildman–Crippen MR) is 95.5 cm³/mol. The van der Waals surface area contributed by atoms with Crippen LogP contribution < -0.4 is 14.8 Å². The number of likely N-dealkylation sites (tertiary alicyclic amines) is 1. The molecule has 0 aliphatic carbocycles. The van der Waals surface area contributed by atoms with Gasteiger partial charge in [-0.1, -0.05) is 6.07 Å². The Balaban J connectivity index is 1.32. The lowest BCUT2D eigenvalue weighted by molar-refractivity contribution is -0.133. The van der Waals surface area contributed by atoms with Crippen LogP contribution >= 0.6 is 0 Å². The molecule has 0 aromatic heterocycles. The third kappa shape index (κ3) is 3.57. The summed E-state index contributed by atoms with van der Waals surface area (Å²) in [6, 6.07) is 6.02. The van der Waals surface area contributed by atoms with Gasteiger partial charge in [0.2, 0.25) is 5.91 Å². The van der Waals surface area contributed by atoms with E-state index in [2.05, 4.69) is 5.32 Å². The highest BCUT2D eigenvalue weighted by Gasteiger charge is 2.32. The second-order valence-corrected chi connectivity index (χ2v) is 7.04. The smallest absolute Gasteiger partial charge is 0.317 e. The number of hydrogen-bond donors (Lipinski definition) is 1. The minimum Gasteiger partial charge on any atom is -0.486 e. The highest BCUT2D eigenvalue weighted by atomic mass is 16.6. The van der Waals surface area contributed by atoms with Gasteiger partial charge in [-0.3, -0.25) is 4.79 Å². The first-order valence-electron chi connectivity index (χ1n) is 9.41. The van der Waals surface area contributed by atoms with Gasteiger partial charge in [0.25, 0.3) is 0 Å². The van der Waals surface area contributed by atoms with Gasteiger partial charge in [-0.15, -0.1) is 0 Å². The van der Waals surface area contributed by atoms with E-state index in [4.69, 9.17) is 9.47 Å². The Hall–Kier alpha value is -2.44.